The summed E-state index contributed by atoms with van der Waals surface area (Å²) in [6.07, 6.45) is 23.7. The van der Waals surface area contributed by atoms with Crippen molar-refractivity contribution in [1.29, 1.82) is 0 Å². The Morgan fingerprint density at radius 1 is 0.808 bits per heavy atom. The SMILES string of the molecule is CCCCCCCCCCCCCCCCCC(=O)NCC1CCCO1. The van der Waals surface area contributed by atoms with Crippen LogP contribution in [0.5, 0.6) is 0 Å². The van der Waals surface area contributed by atoms with Gasteiger partial charge in [-0.3, -0.25) is 4.79 Å². The lowest BCUT2D eigenvalue weighted by atomic mass is 10.0. The number of hydrogen-bond acceptors (Lipinski definition) is 2. The van der Waals surface area contributed by atoms with E-state index >= 15 is 0 Å². The third kappa shape index (κ3) is 14.6. The molecule has 1 saturated heterocycles. The van der Waals surface area contributed by atoms with Gasteiger partial charge in [-0.05, 0) is 19.3 Å². The molecule has 1 atom stereocenters. The molecule has 154 valence electrons. The van der Waals surface area contributed by atoms with Gasteiger partial charge in [0.2, 0.25) is 5.91 Å². The van der Waals surface area contributed by atoms with E-state index < -0.39 is 0 Å². The highest BCUT2D eigenvalue weighted by molar-refractivity contribution is 5.75. The topological polar surface area (TPSA) is 38.3 Å². The number of hydrogen-bond donors (Lipinski definition) is 1. The lowest BCUT2D eigenvalue weighted by Crippen LogP contribution is -2.31. The summed E-state index contributed by atoms with van der Waals surface area (Å²) in [5.74, 6) is 0.204. The minimum Gasteiger partial charge on any atom is -0.376 e. The number of ether oxygens (including phenoxy) is 1. The van der Waals surface area contributed by atoms with Crippen LogP contribution in [0.25, 0.3) is 0 Å². The van der Waals surface area contributed by atoms with Crippen LogP contribution < -0.4 is 5.32 Å². The van der Waals surface area contributed by atoms with Crippen LogP contribution in [0.2, 0.25) is 0 Å². The van der Waals surface area contributed by atoms with E-state index in [1.165, 1.54) is 89.9 Å². The van der Waals surface area contributed by atoms with Crippen LogP contribution in [0.15, 0.2) is 0 Å². The first-order valence-electron chi connectivity index (χ1n) is 11.7. The Morgan fingerprint density at radius 3 is 1.77 bits per heavy atom. The second-order valence-electron chi connectivity index (χ2n) is 8.14. The molecule has 1 heterocycles. The maximum atomic E-state index is 11.8. The van der Waals surface area contributed by atoms with Gasteiger partial charge in [0.1, 0.15) is 0 Å². The van der Waals surface area contributed by atoms with Crippen molar-refractivity contribution < 1.29 is 9.53 Å². The first-order chi connectivity index (χ1) is 12.8. The second kappa shape index (κ2) is 17.8. The van der Waals surface area contributed by atoms with Crippen molar-refractivity contribution in [2.45, 2.75) is 129 Å². The molecule has 0 saturated carbocycles. The molecule has 0 aromatic heterocycles. The van der Waals surface area contributed by atoms with Crippen molar-refractivity contribution in [3.8, 4) is 0 Å². The van der Waals surface area contributed by atoms with E-state index in [-0.39, 0.29) is 12.0 Å². The van der Waals surface area contributed by atoms with E-state index in [9.17, 15) is 4.79 Å². The average Bonchev–Trinajstić information content (AvgIpc) is 3.17. The summed E-state index contributed by atoms with van der Waals surface area (Å²) in [5.41, 5.74) is 0. The van der Waals surface area contributed by atoms with Crippen molar-refractivity contribution in [2.75, 3.05) is 13.2 Å². The minimum absolute atomic E-state index is 0.204. The Bertz CT molecular complexity index is 313. The highest BCUT2D eigenvalue weighted by Crippen LogP contribution is 2.14. The molecule has 3 heteroatoms. The van der Waals surface area contributed by atoms with E-state index in [1.54, 1.807) is 0 Å². The Kier molecular flexibility index (Phi) is 16.1. The highest BCUT2D eigenvalue weighted by atomic mass is 16.5. The molecule has 0 radical (unpaired) electrons. The zero-order chi connectivity index (χ0) is 18.7. The van der Waals surface area contributed by atoms with Crippen molar-refractivity contribution in [1.82, 2.24) is 5.32 Å². The van der Waals surface area contributed by atoms with Crippen LogP contribution >= 0.6 is 0 Å². The van der Waals surface area contributed by atoms with Gasteiger partial charge in [-0.15, -0.1) is 0 Å². The van der Waals surface area contributed by atoms with Gasteiger partial charge < -0.3 is 10.1 Å². The minimum atomic E-state index is 0.204. The molecule has 26 heavy (non-hydrogen) atoms. The van der Waals surface area contributed by atoms with Crippen molar-refractivity contribution in [3.05, 3.63) is 0 Å². The summed E-state index contributed by atoms with van der Waals surface area (Å²) in [5, 5.41) is 3.01. The molecule has 1 N–H and O–H groups in total. The lowest BCUT2D eigenvalue weighted by molar-refractivity contribution is -0.121. The first kappa shape index (κ1) is 23.5. The molecule has 1 aliphatic rings. The van der Waals surface area contributed by atoms with Gasteiger partial charge in [0, 0.05) is 19.6 Å². The van der Waals surface area contributed by atoms with Gasteiger partial charge in [-0.1, -0.05) is 96.8 Å². The molecule has 0 bridgehead atoms. The number of nitrogens with one attached hydrogen (secondary N) is 1. The summed E-state index contributed by atoms with van der Waals surface area (Å²) in [4.78, 5) is 11.8. The highest BCUT2D eigenvalue weighted by Gasteiger charge is 2.15. The summed E-state index contributed by atoms with van der Waals surface area (Å²) in [6.45, 7) is 3.85. The maximum Gasteiger partial charge on any atom is 0.220 e. The van der Waals surface area contributed by atoms with Crippen LogP contribution in [0.4, 0.5) is 0 Å². The summed E-state index contributed by atoms with van der Waals surface area (Å²) in [6, 6.07) is 0. The predicted molar refractivity (Wildman–Crippen MR) is 112 cm³/mol. The zero-order valence-corrected chi connectivity index (χ0v) is 17.5. The van der Waals surface area contributed by atoms with Crippen LogP contribution in [0.1, 0.15) is 122 Å². The van der Waals surface area contributed by atoms with Crippen LogP contribution in [0.3, 0.4) is 0 Å². The summed E-state index contributed by atoms with van der Waals surface area (Å²) >= 11 is 0. The molecule has 1 unspecified atom stereocenters. The smallest absolute Gasteiger partial charge is 0.220 e. The van der Waals surface area contributed by atoms with E-state index in [0.717, 1.165) is 25.9 Å². The molecule has 3 nitrogen and oxygen atoms in total. The average molecular weight is 368 g/mol. The first-order valence-corrected chi connectivity index (χ1v) is 11.7. The molecular formula is C23H45NO2. The van der Waals surface area contributed by atoms with Gasteiger partial charge >= 0.3 is 0 Å². The van der Waals surface area contributed by atoms with Crippen molar-refractivity contribution >= 4 is 5.91 Å². The number of carbonyl (C=O) groups is 1. The van der Waals surface area contributed by atoms with Crippen molar-refractivity contribution in [3.63, 3.8) is 0 Å². The van der Waals surface area contributed by atoms with Crippen molar-refractivity contribution in [2.24, 2.45) is 0 Å². The van der Waals surface area contributed by atoms with Gasteiger partial charge in [0.25, 0.3) is 0 Å². The maximum absolute atomic E-state index is 11.8. The largest absolute Gasteiger partial charge is 0.376 e. The van der Waals surface area contributed by atoms with E-state index in [2.05, 4.69) is 12.2 Å². The summed E-state index contributed by atoms with van der Waals surface area (Å²) < 4.78 is 5.52. The summed E-state index contributed by atoms with van der Waals surface area (Å²) in [7, 11) is 0. The molecular weight excluding hydrogens is 322 g/mol. The fourth-order valence-corrected chi connectivity index (χ4v) is 3.78. The van der Waals surface area contributed by atoms with Gasteiger partial charge in [0.05, 0.1) is 6.10 Å². The molecule has 0 aliphatic carbocycles. The van der Waals surface area contributed by atoms with E-state index in [4.69, 9.17) is 4.74 Å². The Hall–Kier alpha value is -0.570. The molecule has 0 aromatic rings. The van der Waals surface area contributed by atoms with Gasteiger partial charge in [-0.2, -0.15) is 0 Å². The van der Waals surface area contributed by atoms with Gasteiger partial charge in [0.15, 0.2) is 0 Å². The molecule has 1 fully saturated rings. The lowest BCUT2D eigenvalue weighted by Gasteiger charge is -2.10. The van der Waals surface area contributed by atoms with Crippen LogP contribution in [0, 0.1) is 0 Å². The quantitative estimate of drug-likeness (QED) is 0.279. The monoisotopic (exact) mass is 367 g/mol. The van der Waals surface area contributed by atoms with E-state index in [0.29, 0.717) is 13.0 Å². The predicted octanol–water partition coefficient (Wildman–Crippen LogP) is 6.54. The third-order valence-corrected chi connectivity index (χ3v) is 5.56. The number of rotatable bonds is 18. The zero-order valence-electron chi connectivity index (χ0n) is 17.5. The number of carbonyl (C=O) groups excluding carboxylic acids is 1. The number of amides is 1. The molecule has 1 amide bonds. The molecule has 0 aromatic carbocycles. The Balaban J connectivity index is 1.70. The van der Waals surface area contributed by atoms with Crippen LogP contribution in [-0.2, 0) is 9.53 Å². The molecule has 0 spiro atoms. The van der Waals surface area contributed by atoms with Gasteiger partial charge in [-0.25, -0.2) is 0 Å². The number of unbranched alkanes of at least 4 members (excludes halogenated alkanes) is 14. The second-order valence-corrected chi connectivity index (χ2v) is 8.14. The standard InChI is InChI=1S/C23H45NO2/c1-2-3-4-5-6-7-8-9-10-11-12-13-14-15-16-19-23(25)24-21-22-18-17-20-26-22/h22H,2-21H2,1H3,(H,24,25). The van der Waals surface area contributed by atoms with E-state index in [1.807, 2.05) is 0 Å². The molecule has 1 aliphatic heterocycles. The molecule has 1 rings (SSSR count). The fraction of sp³-hybridized carbons (Fsp3) is 0.957. The normalized spacial score (nSPS) is 16.9. The Morgan fingerprint density at radius 2 is 1.31 bits per heavy atom. The fourth-order valence-electron chi connectivity index (χ4n) is 3.78. The van der Waals surface area contributed by atoms with Crippen LogP contribution in [-0.4, -0.2) is 25.2 Å². The third-order valence-electron chi connectivity index (χ3n) is 5.56. The Labute approximate surface area is 163 Å².